The Morgan fingerprint density at radius 1 is 0.903 bits per heavy atom. The summed E-state index contributed by atoms with van der Waals surface area (Å²) < 4.78 is 27.1. The average Bonchev–Trinajstić information content (AvgIpc) is 2.62. The number of esters is 3. The van der Waals surface area contributed by atoms with Gasteiger partial charge in [0, 0.05) is 40.7 Å². The number of carboxylic acids is 1. The summed E-state index contributed by atoms with van der Waals surface area (Å²) >= 11 is 0. The molecule has 0 aromatic carbocycles. The monoisotopic (exact) mass is 447 g/mol. The number of aliphatic carboxylic acids is 1. The van der Waals surface area contributed by atoms with Gasteiger partial charge in [0.05, 0.1) is 0 Å². The summed E-state index contributed by atoms with van der Waals surface area (Å²) in [7, 11) is 0. The van der Waals surface area contributed by atoms with Crippen molar-refractivity contribution in [3.05, 3.63) is 0 Å². The Morgan fingerprint density at radius 2 is 1.52 bits per heavy atom. The molecule has 12 nitrogen and oxygen atoms in total. The maximum Gasteiger partial charge on any atom is 0.303 e. The second-order valence-corrected chi connectivity index (χ2v) is 6.94. The largest absolute Gasteiger partial charge is 0.481 e. The lowest BCUT2D eigenvalue weighted by molar-refractivity contribution is -0.277. The fourth-order valence-electron chi connectivity index (χ4n) is 3.01. The van der Waals surface area contributed by atoms with Crippen molar-refractivity contribution in [3.8, 4) is 0 Å². The molecule has 0 spiro atoms. The lowest BCUT2D eigenvalue weighted by Crippen LogP contribution is -2.66. The highest BCUT2D eigenvalue weighted by Gasteiger charge is 2.51. The molecule has 31 heavy (non-hydrogen) atoms. The Bertz CT molecular complexity index is 665. The van der Waals surface area contributed by atoms with Crippen LogP contribution in [-0.2, 0) is 47.7 Å². The molecule has 1 aliphatic rings. The normalized spacial score (nSPS) is 25.2. The van der Waals surface area contributed by atoms with Crippen LogP contribution in [-0.4, -0.2) is 78.7 Å². The number of ether oxygens (including phenoxy) is 5. The van der Waals surface area contributed by atoms with E-state index in [0.717, 1.165) is 13.8 Å². The smallest absolute Gasteiger partial charge is 0.303 e. The number of nitrogens with one attached hydrogen (secondary N) is 1. The topological polar surface area (TPSA) is 164 Å². The van der Waals surface area contributed by atoms with E-state index in [-0.39, 0.29) is 19.6 Å². The molecule has 0 aromatic heterocycles. The average molecular weight is 447 g/mol. The highest BCUT2D eigenvalue weighted by Crippen LogP contribution is 2.28. The molecule has 1 heterocycles. The molecular formula is C19H29NO11. The molecule has 176 valence electrons. The van der Waals surface area contributed by atoms with Crippen LogP contribution in [0.15, 0.2) is 0 Å². The Labute approximate surface area is 179 Å². The summed E-state index contributed by atoms with van der Waals surface area (Å²) in [4.78, 5) is 57.0. The number of hydrogen-bond donors (Lipinski definition) is 2. The van der Waals surface area contributed by atoms with Crippen molar-refractivity contribution in [2.45, 2.75) is 77.6 Å². The zero-order valence-corrected chi connectivity index (χ0v) is 18.0. The van der Waals surface area contributed by atoms with Gasteiger partial charge in [-0.1, -0.05) is 0 Å². The SMILES string of the molecule is CC(=O)NC1C(OC(C)=O)[C@@H](OC(C)=O)C(COC(C)=O)O[C@H]1OCCCCC(=O)O. The molecule has 1 fully saturated rings. The van der Waals surface area contributed by atoms with Gasteiger partial charge in [-0.05, 0) is 12.8 Å². The molecule has 0 aliphatic carbocycles. The summed E-state index contributed by atoms with van der Waals surface area (Å²) in [6.07, 6.45) is -3.87. The number of carbonyl (C=O) groups is 5. The minimum absolute atomic E-state index is 0.0380. The maximum atomic E-state index is 11.8. The van der Waals surface area contributed by atoms with Crippen molar-refractivity contribution in [2.75, 3.05) is 13.2 Å². The fourth-order valence-corrected chi connectivity index (χ4v) is 3.01. The first-order chi connectivity index (χ1) is 14.5. The number of rotatable bonds is 11. The van der Waals surface area contributed by atoms with Gasteiger partial charge < -0.3 is 34.1 Å². The first kappa shape index (κ1) is 26.3. The van der Waals surface area contributed by atoms with E-state index < -0.39 is 60.4 Å². The summed E-state index contributed by atoms with van der Waals surface area (Å²) in [5.41, 5.74) is 0. The molecule has 0 radical (unpaired) electrons. The summed E-state index contributed by atoms with van der Waals surface area (Å²) in [6, 6.07) is -1.04. The van der Waals surface area contributed by atoms with Crippen molar-refractivity contribution in [1.82, 2.24) is 5.32 Å². The molecule has 1 aliphatic heterocycles. The highest BCUT2D eigenvalue weighted by atomic mass is 16.7. The summed E-state index contributed by atoms with van der Waals surface area (Å²) in [6.45, 7) is 4.47. The van der Waals surface area contributed by atoms with E-state index in [1.54, 1.807) is 0 Å². The van der Waals surface area contributed by atoms with Gasteiger partial charge in [0.15, 0.2) is 18.5 Å². The van der Waals surface area contributed by atoms with Crippen LogP contribution >= 0.6 is 0 Å². The molecule has 2 N–H and O–H groups in total. The van der Waals surface area contributed by atoms with E-state index in [4.69, 9.17) is 28.8 Å². The van der Waals surface area contributed by atoms with Gasteiger partial charge >= 0.3 is 23.9 Å². The molecule has 5 atom stereocenters. The third kappa shape index (κ3) is 9.75. The van der Waals surface area contributed by atoms with Crippen molar-refractivity contribution in [3.63, 3.8) is 0 Å². The number of amides is 1. The van der Waals surface area contributed by atoms with E-state index in [1.807, 2.05) is 0 Å². The summed E-state index contributed by atoms with van der Waals surface area (Å²) in [5.74, 6) is -3.43. The van der Waals surface area contributed by atoms with E-state index in [1.165, 1.54) is 13.8 Å². The molecular weight excluding hydrogens is 418 g/mol. The Kier molecular flexibility index (Phi) is 10.9. The second-order valence-electron chi connectivity index (χ2n) is 6.94. The Hall–Kier alpha value is -2.73. The van der Waals surface area contributed by atoms with Crippen molar-refractivity contribution < 1.29 is 52.8 Å². The van der Waals surface area contributed by atoms with Crippen LogP contribution in [0.2, 0.25) is 0 Å². The van der Waals surface area contributed by atoms with Gasteiger partial charge in [-0.25, -0.2) is 0 Å². The number of unbranched alkanes of at least 4 members (excludes halogenated alkanes) is 1. The van der Waals surface area contributed by atoms with Crippen molar-refractivity contribution >= 4 is 29.8 Å². The van der Waals surface area contributed by atoms with Gasteiger partial charge in [0.25, 0.3) is 0 Å². The fraction of sp³-hybridized carbons (Fsp3) is 0.737. The molecule has 3 unspecified atom stereocenters. The van der Waals surface area contributed by atoms with Crippen LogP contribution in [0, 0.1) is 0 Å². The van der Waals surface area contributed by atoms with E-state index in [0.29, 0.717) is 12.8 Å². The minimum Gasteiger partial charge on any atom is -0.481 e. The molecule has 0 bridgehead atoms. The number of carbonyl (C=O) groups excluding carboxylic acids is 4. The third-order valence-corrected chi connectivity index (χ3v) is 4.14. The van der Waals surface area contributed by atoms with Crippen LogP contribution in [0.5, 0.6) is 0 Å². The standard InChI is InChI=1S/C19H29NO11/c1-10(21)20-16-18(30-13(4)24)17(29-12(3)23)14(9-28-11(2)22)31-19(16)27-8-6-5-7-15(25)26/h14,16-19H,5-9H2,1-4H3,(H,20,21)(H,25,26)/t14?,16?,17-,18?,19+/m0/s1. The van der Waals surface area contributed by atoms with E-state index >= 15 is 0 Å². The maximum absolute atomic E-state index is 11.8. The predicted molar refractivity (Wildman–Crippen MR) is 101 cm³/mol. The zero-order valence-electron chi connectivity index (χ0n) is 18.0. The highest BCUT2D eigenvalue weighted by molar-refractivity contribution is 5.73. The number of hydrogen-bond acceptors (Lipinski definition) is 10. The molecule has 0 aromatic rings. The van der Waals surface area contributed by atoms with Crippen molar-refractivity contribution in [1.29, 1.82) is 0 Å². The predicted octanol–water partition coefficient (Wildman–Crippen LogP) is -0.0860. The van der Waals surface area contributed by atoms with Crippen LogP contribution in [0.25, 0.3) is 0 Å². The molecule has 1 rings (SSSR count). The molecule has 0 saturated carbocycles. The van der Waals surface area contributed by atoms with Crippen LogP contribution in [0.4, 0.5) is 0 Å². The Morgan fingerprint density at radius 3 is 2.03 bits per heavy atom. The number of carboxylic acid groups (broad SMARTS) is 1. The second kappa shape index (κ2) is 12.8. The first-order valence-corrected chi connectivity index (χ1v) is 9.75. The first-order valence-electron chi connectivity index (χ1n) is 9.75. The zero-order chi connectivity index (χ0) is 23.6. The van der Waals surface area contributed by atoms with E-state index in [2.05, 4.69) is 5.32 Å². The van der Waals surface area contributed by atoms with Gasteiger partial charge in [0.2, 0.25) is 5.91 Å². The third-order valence-electron chi connectivity index (χ3n) is 4.14. The van der Waals surface area contributed by atoms with Crippen LogP contribution < -0.4 is 5.32 Å². The van der Waals surface area contributed by atoms with Gasteiger partial charge in [0.1, 0.15) is 18.8 Å². The van der Waals surface area contributed by atoms with Gasteiger partial charge in [-0.2, -0.15) is 0 Å². The Balaban J connectivity index is 3.11. The lowest BCUT2D eigenvalue weighted by atomic mass is 9.96. The van der Waals surface area contributed by atoms with Crippen molar-refractivity contribution in [2.24, 2.45) is 0 Å². The van der Waals surface area contributed by atoms with Gasteiger partial charge in [-0.3, -0.25) is 24.0 Å². The van der Waals surface area contributed by atoms with Crippen LogP contribution in [0.1, 0.15) is 47.0 Å². The quantitative estimate of drug-likeness (QED) is 0.247. The summed E-state index contributed by atoms with van der Waals surface area (Å²) in [5, 5.41) is 11.3. The lowest BCUT2D eigenvalue weighted by Gasteiger charge is -2.44. The van der Waals surface area contributed by atoms with Crippen LogP contribution in [0.3, 0.4) is 0 Å². The molecule has 1 amide bonds. The minimum atomic E-state index is -1.19. The van der Waals surface area contributed by atoms with E-state index in [9.17, 15) is 24.0 Å². The molecule has 12 heteroatoms. The molecule has 1 saturated heterocycles. The van der Waals surface area contributed by atoms with Gasteiger partial charge in [-0.15, -0.1) is 0 Å².